The Bertz CT molecular complexity index is 1130. The summed E-state index contributed by atoms with van der Waals surface area (Å²) in [6, 6.07) is 16.7. The summed E-state index contributed by atoms with van der Waals surface area (Å²) in [7, 11) is 1.25. The Labute approximate surface area is 181 Å². The molecule has 0 bridgehead atoms. The number of nitrogens with zero attached hydrogens (tertiary/aromatic N) is 1. The van der Waals surface area contributed by atoms with Crippen LogP contribution in [-0.2, 0) is 15.7 Å². The number of fused-ring (bicyclic) bond motifs is 1. The molecular formula is C23H18F3NO3S. The van der Waals surface area contributed by atoms with Gasteiger partial charge in [-0.2, -0.15) is 13.2 Å². The molecule has 0 N–H and O–H groups in total. The molecule has 3 aromatic carbocycles. The Morgan fingerprint density at radius 2 is 1.68 bits per heavy atom. The zero-order chi connectivity index (χ0) is 22.2. The lowest BCUT2D eigenvalue weighted by Gasteiger charge is -2.28. The van der Waals surface area contributed by atoms with Crippen molar-refractivity contribution in [3.8, 4) is 0 Å². The number of methoxy groups -OCH3 is 1. The minimum atomic E-state index is -4.45. The van der Waals surface area contributed by atoms with E-state index in [1.165, 1.54) is 35.9 Å². The van der Waals surface area contributed by atoms with Gasteiger partial charge in [0, 0.05) is 11.3 Å². The van der Waals surface area contributed by atoms with Crippen molar-refractivity contribution in [1.29, 1.82) is 0 Å². The molecule has 1 aliphatic heterocycles. The molecule has 4 nitrogen and oxygen atoms in total. The number of esters is 1. The van der Waals surface area contributed by atoms with Crippen LogP contribution in [0.15, 0.2) is 66.7 Å². The molecule has 160 valence electrons. The summed E-state index contributed by atoms with van der Waals surface area (Å²) in [5, 5.41) is 1.24. The zero-order valence-electron chi connectivity index (χ0n) is 16.4. The van der Waals surface area contributed by atoms with E-state index in [1.807, 2.05) is 30.3 Å². The Hall–Kier alpha value is -3.00. The van der Waals surface area contributed by atoms with Crippen molar-refractivity contribution >= 4 is 34.4 Å². The van der Waals surface area contributed by atoms with Crippen molar-refractivity contribution in [3.05, 3.63) is 83.4 Å². The van der Waals surface area contributed by atoms with Gasteiger partial charge in [-0.25, -0.2) is 4.79 Å². The molecule has 0 radical (unpaired) electrons. The highest BCUT2D eigenvalue weighted by Crippen LogP contribution is 2.43. The second-order valence-electron chi connectivity index (χ2n) is 7.12. The molecule has 1 heterocycles. The number of thioether (sulfide) groups is 1. The maximum Gasteiger partial charge on any atom is 0.416 e. The average Bonchev–Trinajstić information content (AvgIpc) is 3.22. The molecular weight excluding hydrogens is 427 g/mol. The van der Waals surface area contributed by atoms with Gasteiger partial charge in [0.1, 0.15) is 11.4 Å². The quantitative estimate of drug-likeness (QED) is 0.514. The molecule has 3 aromatic rings. The minimum Gasteiger partial charge on any atom is -0.467 e. The smallest absolute Gasteiger partial charge is 0.416 e. The predicted molar refractivity (Wildman–Crippen MR) is 113 cm³/mol. The van der Waals surface area contributed by atoms with E-state index in [1.54, 1.807) is 12.1 Å². The first-order valence-corrected chi connectivity index (χ1v) is 10.5. The van der Waals surface area contributed by atoms with Gasteiger partial charge in [0.15, 0.2) is 0 Å². The number of hydrogen-bond donors (Lipinski definition) is 0. The molecule has 2 unspecified atom stereocenters. The molecule has 1 fully saturated rings. The molecule has 31 heavy (non-hydrogen) atoms. The Kier molecular flexibility index (Phi) is 5.66. The second kappa shape index (κ2) is 8.26. The van der Waals surface area contributed by atoms with Gasteiger partial charge in [-0.1, -0.05) is 42.5 Å². The van der Waals surface area contributed by atoms with E-state index in [0.717, 1.165) is 22.9 Å². The Balaban J connectivity index is 1.71. The predicted octanol–water partition coefficient (Wildman–Crippen LogP) is 5.29. The van der Waals surface area contributed by atoms with Crippen LogP contribution in [0.5, 0.6) is 0 Å². The van der Waals surface area contributed by atoms with Gasteiger partial charge >= 0.3 is 12.1 Å². The molecule has 1 saturated heterocycles. The molecule has 0 aromatic heterocycles. The van der Waals surface area contributed by atoms with Crippen LogP contribution in [0.2, 0.25) is 0 Å². The van der Waals surface area contributed by atoms with Crippen LogP contribution in [0.25, 0.3) is 10.8 Å². The van der Waals surface area contributed by atoms with Crippen molar-refractivity contribution in [2.45, 2.75) is 17.6 Å². The lowest BCUT2D eigenvalue weighted by atomic mass is 10.0. The van der Waals surface area contributed by atoms with E-state index in [-0.39, 0.29) is 11.7 Å². The number of benzene rings is 3. The van der Waals surface area contributed by atoms with Crippen molar-refractivity contribution in [2.24, 2.45) is 0 Å². The monoisotopic (exact) mass is 445 g/mol. The number of ether oxygens (including phenoxy) is 1. The van der Waals surface area contributed by atoms with E-state index >= 15 is 0 Å². The van der Waals surface area contributed by atoms with Crippen molar-refractivity contribution in [1.82, 2.24) is 4.90 Å². The highest BCUT2D eigenvalue weighted by atomic mass is 32.2. The van der Waals surface area contributed by atoms with Crippen molar-refractivity contribution in [3.63, 3.8) is 0 Å². The lowest BCUT2D eigenvalue weighted by Crippen LogP contribution is -2.43. The van der Waals surface area contributed by atoms with Crippen LogP contribution in [-0.4, -0.2) is 35.7 Å². The van der Waals surface area contributed by atoms with Gasteiger partial charge in [-0.3, -0.25) is 4.79 Å². The summed E-state index contributed by atoms with van der Waals surface area (Å²) in [5.41, 5.74) is 0.140. The number of carbonyl (C=O) groups excluding carboxylic acids is 2. The Morgan fingerprint density at radius 3 is 2.32 bits per heavy atom. The van der Waals surface area contributed by atoms with Gasteiger partial charge in [0.2, 0.25) is 0 Å². The summed E-state index contributed by atoms with van der Waals surface area (Å²) < 4.78 is 43.7. The molecule has 2 atom stereocenters. The van der Waals surface area contributed by atoms with Crippen LogP contribution < -0.4 is 0 Å². The molecule has 0 aliphatic carbocycles. The number of alkyl halides is 3. The van der Waals surface area contributed by atoms with E-state index in [0.29, 0.717) is 11.1 Å². The van der Waals surface area contributed by atoms with E-state index in [9.17, 15) is 22.8 Å². The van der Waals surface area contributed by atoms with Crippen LogP contribution in [0.1, 0.15) is 26.9 Å². The Morgan fingerprint density at radius 1 is 1.00 bits per heavy atom. The van der Waals surface area contributed by atoms with Crippen LogP contribution in [0.3, 0.4) is 0 Å². The maximum atomic E-state index is 13.5. The summed E-state index contributed by atoms with van der Waals surface area (Å²) in [6.45, 7) is 0. The third-order valence-electron chi connectivity index (χ3n) is 5.23. The first-order chi connectivity index (χ1) is 14.8. The van der Waals surface area contributed by atoms with E-state index in [2.05, 4.69) is 0 Å². The van der Waals surface area contributed by atoms with Crippen LogP contribution >= 0.6 is 11.8 Å². The van der Waals surface area contributed by atoms with Gasteiger partial charge in [0.05, 0.1) is 12.7 Å². The van der Waals surface area contributed by atoms with Gasteiger partial charge in [0.25, 0.3) is 5.91 Å². The third-order valence-corrected chi connectivity index (χ3v) is 6.55. The molecule has 0 spiro atoms. The fraction of sp³-hybridized carbons (Fsp3) is 0.217. The average molecular weight is 445 g/mol. The molecule has 8 heteroatoms. The van der Waals surface area contributed by atoms with Crippen LogP contribution in [0, 0.1) is 0 Å². The number of rotatable bonds is 3. The first kappa shape index (κ1) is 21.2. The standard InChI is InChI=1S/C23H18F3NO3S/c1-30-22(29)19-13-31-21(15-8-10-18(11-9-15)23(24,25)26)27(19)20(28)17-7-6-14-4-2-3-5-16(14)12-17/h2-12,19,21H,13H2,1H3. The second-order valence-corrected chi connectivity index (χ2v) is 8.23. The maximum absolute atomic E-state index is 13.5. The topological polar surface area (TPSA) is 46.6 Å². The molecule has 4 rings (SSSR count). The highest BCUT2D eigenvalue weighted by molar-refractivity contribution is 7.99. The highest BCUT2D eigenvalue weighted by Gasteiger charge is 2.43. The van der Waals surface area contributed by atoms with Gasteiger partial charge in [-0.15, -0.1) is 11.8 Å². The van der Waals surface area contributed by atoms with Gasteiger partial charge < -0.3 is 9.64 Å². The first-order valence-electron chi connectivity index (χ1n) is 9.47. The lowest BCUT2D eigenvalue weighted by molar-refractivity contribution is -0.145. The van der Waals surface area contributed by atoms with E-state index < -0.39 is 29.1 Å². The number of carbonyl (C=O) groups is 2. The number of hydrogen-bond acceptors (Lipinski definition) is 4. The van der Waals surface area contributed by atoms with Crippen molar-refractivity contribution < 1.29 is 27.5 Å². The SMILES string of the molecule is COC(=O)C1CSC(c2ccc(C(F)(F)F)cc2)N1C(=O)c1ccc2ccccc2c1. The summed E-state index contributed by atoms with van der Waals surface area (Å²) in [6.07, 6.45) is -4.45. The minimum absolute atomic E-state index is 0.289. The third kappa shape index (κ3) is 4.12. The van der Waals surface area contributed by atoms with E-state index in [4.69, 9.17) is 4.74 Å². The molecule has 1 aliphatic rings. The fourth-order valence-corrected chi connectivity index (χ4v) is 5.05. The summed E-state index contributed by atoms with van der Waals surface area (Å²) >= 11 is 1.32. The zero-order valence-corrected chi connectivity index (χ0v) is 17.2. The normalized spacial score (nSPS) is 18.9. The summed E-state index contributed by atoms with van der Waals surface area (Å²) in [5.74, 6) is -0.649. The van der Waals surface area contributed by atoms with Crippen molar-refractivity contribution in [2.75, 3.05) is 12.9 Å². The van der Waals surface area contributed by atoms with Gasteiger partial charge in [-0.05, 0) is 40.6 Å². The van der Waals surface area contributed by atoms with Crippen LogP contribution in [0.4, 0.5) is 13.2 Å². The number of amides is 1. The summed E-state index contributed by atoms with van der Waals surface area (Å²) in [4.78, 5) is 27.2. The molecule has 0 saturated carbocycles. The largest absolute Gasteiger partial charge is 0.467 e. The fourth-order valence-electron chi connectivity index (χ4n) is 3.64. The number of halogens is 3. The molecule has 1 amide bonds.